The van der Waals surface area contributed by atoms with Gasteiger partial charge in [-0.3, -0.25) is 14.5 Å². The fourth-order valence-corrected chi connectivity index (χ4v) is 2.74. The summed E-state index contributed by atoms with van der Waals surface area (Å²) < 4.78 is 52.5. The number of alkyl halides is 3. The van der Waals surface area contributed by atoms with Crippen LogP contribution in [-0.2, 0) is 4.79 Å². The molecule has 1 heterocycles. The van der Waals surface area contributed by atoms with Crippen molar-refractivity contribution in [3.8, 4) is 0 Å². The summed E-state index contributed by atoms with van der Waals surface area (Å²) in [7, 11) is 0. The molecule has 1 aliphatic heterocycles. The van der Waals surface area contributed by atoms with Crippen LogP contribution >= 0.6 is 0 Å². The van der Waals surface area contributed by atoms with Crippen molar-refractivity contribution in [3.63, 3.8) is 0 Å². The largest absolute Gasteiger partial charge is 0.405 e. The fourth-order valence-electron chi connectivity index (χ4n) is 2.74. The van der Waals surface area contributed by atoms with Crippen LogP contribution in [0, 0.1) is 5.82 Å². The Morgan fingerprint density at radius 3 is 2.33 bits per heavy atom. The Bertz CT molecular complexity index is 631. The second-order valence-corrected chi connectivity index (χ2v) is 6.16. The Balaban J connectivity index is 1.75. The molecule has 0 radical (unpaired) electrons. The van der Waals surface area contributed by atoms with Crippen LogP contribution in [0.1, 0.15) is 16.8 Å². The third-order valence-corrected chi connectivity index (χ3v) is 4.21. The molecule has 0 saturated carbocycles. The van der Waals surface area contributed by atoms with E-state index in [4.69, 9.17) is 0 Å². The number of rotatable bonds is 7. The maximum Gasteiger partial charge on any atom is 0.405 e. The Hall–Kier alpha value is -2.20. The van der Waals surface area contributed by atoms with Gasteiger partial charge in [0.1, 0.15) is 11.9 Å². The lowest BCUT2D eigenvalue weighted by atomic mass is 10.2. The van der Waals surface area contributed by atoms with Crippen LogP contribution in [0.5, 0.6) is 0 Å². The summed E-state index contributed by atoms with van der Waals surface area (Å²) in [6, 6.07) is 3.12. The third kappa shape index (κ3) is 6.79. The summed E-state index contributed by atoms with van der Waals surface area (Å²) in [5, 5.41) is 7.74. The van der Waals surface area contributed by atoms with Gasteiger partial charge in [0.25, 0.3) is 5.91 Å². The second-order valence-electron chi connectivity index (χ2n) is 6.16. The number of carbonyl (C=O) groups is 2. The molecule has 1 aromatic carbocycles. The van der Waals surface area contributed by atoms with Crippen molar-refractivity contribution in [3.05, 3.63) is 35.6 Å². The SMILES string of the molecule is O=C(CCNC(=O)c1ccc(F)cc1)NCC(N1CCNCC1)C(F)(F)F. The molecular formula is C17H22F4N4O2. The topological polar surface area (TPSA) is 73.5 Å². The van der Waals surface area contributed by atoms with E-state index in [0.29, 0.717) is 13.1 Å². The molecule has 27 heavy (non-hydrogen) atoms. The van der Waals surface area contributed by atoms with E-state index >= 15 is 0 Å². The number of halogens is 4. The lowest BCUT2D eigenvalue weighted by Gasteiger charge is -2.35. The maximum absolute atomic E-state index is 13.2. The first-order chi connectivity index (χ1) is 12.8. The highest BCUT2D eigenvalue weighted by atomic mass is 19.4. The molecule has 0 bridgehead atoms. The smallest absolute Gasteiger partial charge is 0.354 e. The normalized spacial score (nSPS) is 16.6. The van der Waals surface area contributed by atoms with Gasteiger partial charge in [0.05, 0.1) is 0 Å². The maximum atomic E-state index is 13.2. The van der Waals surface area contributed by atoms with E-state index in [1.54, 1.807) is 0 Å². The predicted octanol–water partition coefficient (Wildman–Crippen LogP) is 0.898. The minimum Gasteiger partial charge on any atom is -0.354 e. The zero-order chi connectivity index (χ0) is 19.9. The number of benzene rings is 1. The van der Waals surface area contributed by atoms with Crippen molar-refractivity contribution in [1.29, 1.82) is 0 Å². The highest BCUT2D eigenvalue weighted by Crippen LogP contribution is 2.24. The number of nitrogens with zero attached hydrogens (tertiary/aromatic N) is 1. The highest BCUT2D eigenvalue weighted by Gasteiger charge is 2.43. The van der Waals surface area contributed by atoms with Crippen LogP contribution in [0.2, 0.25) is 0 Å². The van der Waals surface area contributed by atoms with Crippen LogP contribution in [0.25, 0.3) is 0 Å². The van der Waals surface area contributed by atoms with Gasteiger partial charge >= 0.3 is 6.18 Å². The van der Waals surface area contributed by atoms with E-state index < -0.39 is 36.4 Å². The number of carbonyl (C=O) groups excluding carboxylic acids is 2. The first-order valence-electron chi connectivity index (χ1n) is 8.59. The van der Waals surface area contributed by atoms with Gasteiger partial charge < -0.3 is 16.0 Å². The molecule has 1 atom stereocenters. The Kier molecular flexibility index (Phi) is 7.55. The zero-order valence-corrected chi connectivity index (χ0v) is 14.6. The zero-order valence-electron chi connectivity index (χ0n) is 14.6. The quantitative estimate of drug-likeness (QED) is 0.605. The lowest BCUT2D eigenvalue weighted by Crippen LogP contribution is -2.57. The van der Waals surface area contributed by atoms with Gasteiger partial charge in [0.15, 0.2) is 0 Å². The van der Waals surface area contributed by atoms with E-state index in [0.717, 1.165) is 12.1 Å². The van der Waals surface area contributed by atoms with Gasteiger partial charge in [0, 0.05) is 51.3 Å². The summed E-state index contributed by atoms with van der Waals surface area (Å²) in [5.74, 6) is -1.55. The Morgan fingerprint density at radius 2 is 1.74 bits per heavy atom. The number of nitrogens with one attached hydrogen (secondary N) is 3. The van der Waals surface area contributed by atoms with Crippen molar-refractivity contribution in [2.45, 2.75) is 18.6 Å². The summed E-state index contributed by atoms with van der Waals surface area (Å²) in [5.41, 5.74) is 0.229. The van der Waals surface area contributed by atoms with Gasteiger partial charge in [-0.15, -0.1) is 0 Å². The van der Waals surface area contributed by atoms with Gasteiger partial charge in [-0.05, 0) is 24.3 Å². The summed E-state index contributed by atoms with van der Waals surface area (Å²) in [6.45, 7) is 0.883. The molecular weight excluding hydrogens is 368 g/mol. The minimum absolute atomic E-state index is 0.0354. The van der Waals surface area contributed by atoms with Crippen LogP contribution in [0.4, 0.5) is 17.6 Å². The summed E-state index contributed by atoms with van der Waals surface area (Å²) >= 11 is 0. The molecule has 1 aromatic rings. The molecule has 0 spiro atoms. The predicted molar refractivity (Wildman–Crippen MR) is 90.6 cm³/mol. The van der Waals surface area contributed by atoms with Crippen LogP contribution in [0.15, 0.2) is 24.3 Å². The van der Waals surface area contributed by atoms with Gasteiger partial charge in [-0.25, -0.2) is 4.39 Å². The molecule has 1 unspecified atom stereocenters. The molecule has 150 valence electrons. The standard InChI is InChI=1S/C17H22F4N4O2/c18-13-3-1-12(2-4-13)16(27)23-6-5-15(26)24-11-14(17(19,20)21)25-9-7-22-8-10-25/h1-4,14,22H,5-11H2,(H,23,27)(H,24,26). The molecule has 1 aliphatic rings. The molecule has 0 aliphatic carbocycles. The van der Waals surface area contributed by atoms with E-state index in [1.165, 1.54) is 17.0 Å². The average Bonchev–Trinajstić information content (AvgIpc) is 2.62. The first kappa shape index (κ1) is 21.1. The summed E-state index contributed by atoms with van der Waals surface area (Å²) in [6.07, 6.45) is -4.60. The minimum atomic E-state index is -4.44. The Morgan fingerprint density at radius 1 is 1.11 bits per heavy atom. The molecule has 6 nitrogen and oxygen atoms in total. The number of piperazine rings is 1. The monoisotopic (exact) mass is 390 g/mol. The van der Waals surface area contributed by atoms with E-state index in [2.05, 4.69) is 16.0 Å². The number of hydrogen-bond acceptors (Lipinski definition) is 4. The third-order valence-electron chi connectivity index (χ3n) is 4.21. The van der Waals surface area contributed by atoms with Gasteiger partial charge in [-0.1, -0.05) is 0 Å². The molecule has 2 amide bonds. The molecule has 1 fully saturated rings. The van der Waals surface area contributed by atoms with Crippen LogP contribution < -0.4 is 16.0 Å². The van der Waals surface area contributed by atoms with E-state index in [1.807, 2.05) is 0 Å². The fraction of sp³-hybridized carbons (Fsp3) is 0.529. The van der Waals surface area contributed by atoms with Crippen molar-refractivity contribution < 1.29 is 27.2 Å². The van der Waals surface area contributed by atoms with Crippen LogP contribution in [0.3, 0.4) is 0 Å². The average molecular weight is 390 g/mol. The molecule has 1 saturated heterocycles. The van der Waals surface area contributed by atoms with Crippen molar-refractivity contribution in [2.75, 3.05) is 39.3 Å². The number of hydrogen-bond donors (Lipinski definition) is 3. The summed E-state index contributed by atoms with van der Waals surface area (Å²) in [4.78, 5) is 24.9. The van der Waals surface area contributed by atoms with Crippen molar-refractivity contribution in [2.24, 2.45) is 0 Å². The molecule has 0 aromatic heterocycles. The van der Waals surface area contributed by atoms with Crippen molar-refractivity contribution >= 4 is 11.8 Å². The lowest BCUT2D eigenvalue weighted by molar-refractivity contribution is -0.184. The van der Waals surface area contributed by atoms with E-state index in [9.17, 15) is 27.2 Å². The second kappa shape index (κ2) is 9.65. The molecule has 10 heteroatoms. The molecule has 3 N–H and O–H groups in total. The van der Waals surface area contributed by atoms with Crippen molar-refractivity contribution in [1.82, 2.24) is 20.9 Å². The van der Waals surface area contributed by atoms with E-state index in [-0.39, 0.29) is 31.6 Å². The van der Waals surface area contributed by atoms with Crippen LogP contribution in [-0.4, -0.2) is 68.2 Å². The van der Waals surface area contributed by atoms with Gasteiger partial charge in [0.2, 0.25) is 5.91 Å². The number of amides is 2. The highest BCUT2D eigenvalue weighted by molar-refractivity contribution is 5.94. The Labute approximate surface area is 154 Å². The first-order valence-corrected chi connectivity index (χ1v) is 8.59. The molecule has 2 rings (SSSR count). The van der Waals surface area contributed by atoms with Gasteiger partial charge in [-0.2, -0.15) is 13.2 Å².